The van der Waals surface area contributed by atoms with Gasteiger partial charge in [-0.1, -0.05) is 6.07 Å². The van der Waals surface area contributed by atoms with E-state index in [4.69, 9.17) is 5.11 Å². The van der Waals surface area contributed by atoms with Gasteiger partial charge in [-0.2, -0.15) is 0 Å². The normalized spacial score (nSPS) is 12.5. The number of aliphatic hydroxyl groups excluding tert-OH is 2. The van der Waals surface area contributed by atoms with Gasteiger partial charge in [-0.3, -0.25) is 10.1 Å². The Morgan fingerprint density at radius 2 is 2.00 bits per heavy atom. The van der Waals surface area contributed by atoms with Crippen molar-refractivity contribution >= 4 is 11.4 Å². The molecule has 2 N–H and O–H groups in total. The van der Waals surface area contributed by atoms with Gasteiger partial charge in [0.2, 0.25) is 0 Å². The highest BCUT2D eigenvalue weighted by Gasteiger charge is 2.22. The number of hydrogen-bond donors (Lipinski definition) is 2. The zero-order chi connectivity index (χ0) is 14.6. The van der Waals surface area contributed by atoms with Crippen LogP contribution in [0.25, 0.3) is 0 Å². The molecule has 1 aromatic rings. The lowest BCUT2D eigenvalue weighted by Gasteiger charge is -2.28. The third-order valence-electron chi connectivity index (χ3n) is 2.95. The van der Waals surface area contributed by atoms with Gasteiger partial charge < -0.3 is 15.1 Å². The average Bonchev–Trinajstić information content (AvgIpc) is 2.34. The topological polar surface area (TPSA) is 86.8 Å². The van der Waals surface area contributed by atoms with E-state index in [1.54, 1.807) is 24.0 Å². The van der Waals surface area contributed by atoms with E-state index in [9.17, 15) is 15.2 Å². The molecule has 6 nitrogen and oxygen atoms in total. The highest BCUT2D eigenvalue weighted by Crippen LogP contribution is 2.32. The molecule has 1 rings (SSSR count). The quantitative estimate of drug-likeness (QED) is 0.607. The number of rotatable bonds is 6. The van der Waals surface area contributed by atoms with Crippen molar-refractivity contribution in [2.75, 3.05) is 18.1 Å². The van der Waals surface area contributed by atoms with Crippen molar-refractivity contribution in [3.8, 4) is 0 Å². The zero-order valence-corrected chi connectivity index (χ0v) is 11.4. The molecule has 0 fully saturated rings. The lowest BCUT2D eigenvalue weighted by Crippen LogP contribution is -2.33. The summed E-state index contributed by atoms with van der Waals surface area (Å²) in [4.78, 5) is 12.5. The van der Waals surface area contributed by atoms with Gasteiger partial charge in [-0.05, 0) is 32.4 Å². The summed E-state index contributed by atoms with van der Waals surface area (Å²) in [6.07, 6.45) is -0.752. The summed E-state index contributed by atoms with van der Waals surface area (Å²) in [7, 11) is 0. The summed E-state index contributed by atoms with van der Waals surface area (Å²) < 4.78 is 0. The molecule has 6 heteroatoms. The van der Waals surface area contributed by atoms with Crippen molar-refractivity contribution in [1.29, 1.82) is 0 Å². The molecule has 0 unspecified atom stereocenters. The summed E-state index contributed by atoms with van der Waals surface area (Å²) in [6.45, 7) is 5.62. The number of aliphatic hydroxyl groups is 2. The Bertz CT molecular complexity index is 446. The number of nitrogens with zero attached hydrogens (tertiary/aromatic N) is 2. The van der Waals surface area contributed by atoms with E-state index < -0.39 is 11.0 Å². The molecule has 0 spiro atoms. The van der Waals surface area contributed by atoms with Crippen LogP contribution in [-0.4, -0.2) is 34.3 Å². The molecule has 0 heterocycles. The van der Waals surface area contributed by atoms with Gasteiger partial charge in [0.15, 0.2) is 0 Å². The highest BCUT2D eigenvalue weighted by molar-refractivity contribution is 5.65. The number of anilines is 1. The Hall–Kier alpha value is -1.66. The molecule has 0 saturated carbocycles. The summed E-state index contributed by atoms with van der Waals surface area (Å²) >= 11 is 0. The number of hydrogen-bond acceptors (Lipinski definition) is 5. The fourth-order valence-corrected chi connectivity index (χ4v) is 1.95. The Labute approximate surface area is 112 Å². The number of nitro groups is 1. The zero-order valence-electron chi connectivity index (χ0n) is 11.4. The van der Waals surface area contributed by atoms with Crippen molar-refractivity contribution < 1.29 is 15.1 Å². The SMILES string of the molecule is CC(C)N(CCO)c1ccc([C@H](C)O)cc1[N+](=O)[O-]. The Kier molecular flexibility index (Phi) is 5.26. The Morgan fingerprint density at radius 3 is 2.42 bits per heavy atom. The van der Waals surface area contributed by atoms with Crippen LogP contribution in [0.1, 0.15) is 32.4 Å². The van der Waals surface area contributed by atoms with Crippen LogP contribution in [0.2, 0.25) is 0 Å². The van der Waals surface area contributed by atoms with Crippen LogP contribution < -0.4 is 4.90 Å². The van der Waals surface area contributed by atoms with Gasteiger partial charge >= 0.3 is 0 Å². The second-order valence-electron chi connectivity index (χ2n) is 4.69. The first-order valence-corrected chi connectivity index (χ1v) is 6.22. The second kappa shape index (κ2) is 6.49. The maximum absolute atomic E-state index is 11.2. The molecule has 1 atom stereocenters. The maximum Gasteiger partial charge on any atom is 0.292 e. The second-order valence-corrected chi connectivity index (χ2v) is 4.69. The first-order chi connectivity index (χ1) is 8.88. The van der Waals surface area contributed by atoms with Crippen molar-refractivity contribution in [3.05, 3.63) is 33.9 Å². The van der Waals surface area contributed by atoms with Crippen LogP contribution in [0.15, 0.2) is 18.2 Å². The molecule has 0 amide bonds. The fraction of sp³-hybridized carbons (Fsp3) is 0.538. The third kappa shape index (κ3) is 3.65. The van der Waals surface area contributed by atoms with Gasteiger partial charge in [-0.25, -0.2) is 0 Å². The van der Waals surface area contributed by atoms with Crippen LogP contribution in [0.3, 0.4) is 0 Å². The van der Waals surface area contributed by atoms with Gasteiger partial charge in [0.1, 0.15) is 5.69 Å². The van der Waals surface area contributed by atoms with E-state index in [0.717, 1.165) is 0 Å². The molecule has 19 heavy (non-hydrogen) atoms. The minimum atomic E-state index is -0.752. The van der Waals surface area contributed by atoms with Gasteiger partial charge in [-0.15, -0.1) is 0 Å². The molecule has 0 aliphatic heterocycles. The molecule has 0 aromatic heterocycles. The van der Waals surface area contributed by atoms with E-state index >= 15 is 0 Å². The van der Waals surface area contributed by atoms with Gasteiger partial charge in [0, 0.05) is 18.7 Å². The Morgan fingerprint density at radius 1 is 1.37 bits per heavy atom. The van der Waals surface area contributed by atoms with Gasteiger partial charge in [0.05, 0.1) is 17.6 Å². The minimum absolute atomic E-state index is 0.0308. The largest absolute Gasteiger partial charge is 0.395 e. The first kappa shape index (κ1) is 15.4. The summed E-state index contributed by atoms with van der Waals surface area (Å²) in [6, 6.07) is 4.70. The van der Waals surface area contributed by atoms with E-state index in [0.29, 0.717) is 17.8 Å². The summed E-state index contributed by atoms with van der Waals surface area (Å²) in [5.74, 6) is 0. The third-order valence-corrected chi connectivity index (χ3v) is 2.95. The van der Waals surface area contributed by atoms with E-state index in [-0.39, 0.29) is 18.3 Å². The van der Waals surface area contributed by atoms with Crippen molar-refractivity contribution in [2.24, 2.45) is 0 Å². The summed E-state index contributed by atoms with van der Waals surface area (Å²) in [5, 5.41) is 29.7. The smallest absolute Gasteiger partial charge is 0.292 e. The van der Waals surface area contributed by atoms with Crippen LogP contribution in [0.5, 0.6) is 0 Å². The highest BCUT2D eigenvalue weighted by atomic mass is 16.6. The molecule has 0 radical (unpaired) electrons. The number of benzene rings is 1. The van der Waals surface area contributed by atoms with Crippen molar-refractivity contribution in [1.82, 2.24) is 0 Å². The van der Waals surface area contributed by atoms with Crippen LogP contribution in [0.4, 0.5) is 11.4 Å². The predicted octanol–water partition coefficient (Wildman–Crippen LogP) is 1.86. The first-order valence-electron chi connectivity index (χ1n) is 6.22. The molecule has 106 valence electrons. The minimum Gasteiger partial charge on any atom is -0.395 e. The average molecular weight is 268 g/mol. The Balaban J connectivity index is 3.28. The van der Waals surface area contributed by atoms with E-state index in [1.165, 1.54) is 6.07 Å². The van der Waals surface area contributed by atoms with Crippen LogP contribution in [-0.2, 0) is 0 Å². The van der Waals surface area contributed by atoms with E-state index in [1.807, 2.05) is 13.8 Å². The monoisotopic (exact) mass is 268 g/mol. The van der Waals surface area contributed by atoms with Crippen molar-refractivity contribution in [3.63, 3.8) is 0 Å². The number of nitro benzene ring substituents is 1. The standard InChI is InChI=1S/C13H20N2O4/c1-9(2)14(6-7-16)12-5-4-11(10(3)17)8-13(12)15(18)19/h4-5,8-10,16-17H,6-7H2,1-3H3/t10-/m0/s1. The molecule has 1 aromatic carbocycles. The van der Waals surface area contributed by atoms with Crippen LogP contribution >= 0.6 is 0 Å². The van der Waals surface area contributed by atoms with Crippen molar-refractivity contribution in [2.45, 2.75) is 32.9 Å². The fourth-order valence-electron chi connectivity index (χ4n) is 1.95. The molecule has 0 aliphatic carbocycles. The van der Waals surface area contributed by atoms with Crippen LogP contribution in [0, 0.1) is 10.1 Å². The molecule has 0 saturated heterocycles. The molecule has 0 aliphatic rings. The predicted molar refractivity (Wildman–Crippen MR) is 73.3 cm³/mol. The molecular formula is C13H20N2O4. The summed E-state index contributed by atoms with van der Waals surface area (Å²) in [5.41, 5.74) is 0.905. The molecule has 0 bridgehead atoms. The van der Waals surface area contributed by atoms with E-state index in [2.05, 4.69) is 0 Å². The molecular weight excluding hydrogens is 248 g/mol. The lowest BCUT2D eigenvalue weighted by atomic mass is 10.1. The maximum atomic E-state index is 11.2. The van der Waals surface area contributed by atoms with Gasteiger partial charge in [0.25, 0.3) is 5.69 Å². The lowest BCUT2D eigenvalue weighted by molar-refractivity contribution is -0.384.